The van der Waals surface area contributed by atoms with Gasteiger partial charge < -0.3 is 14.8 Å². The minimum atomic E-state index is 0.0416. The quantitative estimate of drug-likeness (QED) is 0.645. The fraction of sp³-hybridized carbons (Fsp3) is 0.417. The number of methoxy groups -OCH3 is 1. The molecule has 0 amide bonds. The predicted octanol–water partition coefficient (Wildman–Crippen LogP) is 5.63. The Bertz CT molecular complexity index is 784. The number of nitrogens with one attached hydrogen (secondary N) is 1. The molecule has 1 aliphatic carbocycles. The minimum Gasteiger partial charge on any atom is -0.493 e. The lowest BCUT2D eigenvalue weighted by Gasteiger charge is -2.40. The SMILES string of the molecule is CNCC[C@@]1(c2c(C)ccc(OC)c2Oc2ccccc2)CC=C[C@H](C)C1. The molecule has 0 saturated heterocycles. The minimum absolute atomic E-state index is 0.0416. The molecule has 0 aromatic heterocycles. The van der Waals surface area contributed by atoms with Crippen LogP contribution in [0.25, 0.3) is 0 Å². The first-order valence-corrected chi connectivity index (χ1v) is 9.82. The summed E-state index contributed by atoms with van der Waals surface area (Å²) in [6, 6.07) is 14.2. The largest absolute Gasteiger partial charge is 0.493 e. The zero-order valence-electron chi connectivity index (χ0n) is 16.9. The average Bonchev–Trinajstić information content (AvgIpc) is 2.67. The van der Waals surface area contributed by atoms with Crippen LogP contribution in [0.3, 0.4) is 0 Å². The van der Waals surface area contributed by atoms with Crippen LogP contribution < -0.4 is 14.8 Å². The lowest BCUT2D eigenvalue weighted by Crippen LogP contribution is -2.34. The van der Waals surface area contributed by atoms with Gasteiger partial charge in [0.2, 0.25) is 0 Å². The Balaban J connectivity index is 2.15. The van der Waals surface area contributed by atoms with Crippen molar-refractivity contribution in [2.24, 2.45) is 5.92 Å². The zero-order valence-corrected chi connectivity index (χ0v) is 16.9. The Morgan fingerprint density at radius 1 is 1.15 bits per heavy atom. The molecule has 0 bridgehead atoms. The second kappa shape index (κ2) is 8.62. The van der Waals surface area contributed by atoms with Crippen LogP contribution in [0.4, 0.5) is 0 Å². The standard InChI is InChI=1S/C24H31NO2/c1-18-9-8-14-24(17-18,15-16-25-3)22-19(2)12-13-21(26-4)23(22)27-20-10-6-5-7-11-20/h5-13,18,25H,14-17H2,1-4H3/t18-,24-/m0/s1. The van der Waals surface area contributed by atoms with Crippen molar-refractivity contribution in [3.8, 4) is 17.2 Å². The fourth-order valence-corrected chi connectivity index (χ4v) is 4.38. The molecule has 27 heavy (non-hydrogen) atoms. The van der Waals surface area contributed by atoms with Crippen LogP contribution in [0, 0.1) is 12.8 Å². The van der Waals surface area contributed by atoms with Gasteiger partial charge in [-0.25, -0.2) is 0 Å². The maximum atomic E-state index is 6.44. The normalized spacial score (nSPS) is 21.9. The molecule has 3 heteroatoms. The van der Waals surface area contributed by atoms with Crippen molar-refractivity contribution in [1.29, 1.82) is 0 Å². The highest BCUT2D eigenvalue weighted by Crippen LogP contribution is 2.50. The van der Waals surface area contributed by atoms with Gasteiger partial charge in [0.15, 0.2) is 11.5 Å². The first-order valence-electron chi connectivity index (χ1n) is 9.82. The molecule has 2 atom stereocenters. The molecule has 0 aliphatic heterocycles. The van der Waals surface area contributed by atoms with Gasteiger partial charge in [-0.2, -0.15) is 0 Å². The molecule has 1 aliphatic rings. The smallest absolute Gasteiger partial charge is 0.173 e. The van der Waals surface area contributed by atoms with Crippen molar-refractivity contribution >= 4 is 0 Å². The van der Waals surface area contributed by atoms with Gasteiger partial charge in [0.25, 0.3) is 0 Å². The number of para-hydroxylation sites is 1. The van der Waals surface area contributed by atoms with Crippen LogP contribution in [-0.4, -0.2) is 20.7 Å². The molecule has 0 fully saturated rings. The highest BCUT2D eigenvalue weighted by atomic mass is 16.5. The molecular weight excluding hydrogens is 334 g/mol. The molecule has 1 N–H and O–H groups in total. The van der Waals surface area contributed by atoms with Crippen molar-refractivity contribution in [2.75, 3.05) is 20.7 Å². The first-order chi connectivity index (χ1) is 13.1. The second-order valence-electron chi connectivity index (χ2n) is 7.65. The summed E-state index contributed by atoms with van der Waals surface area (Å²) in [7, 11) is 3.74. The van der Waals surface area contributed by atoms with Crippen LogP contribution in [0.5, 0.6) is 17.2 Å². The Hall–Kier alpha value is -2.26. The molecular formula is C24H31NO2. The molecule has 0 spiro atoms. The van der Waals surface area contributed by atoms with E-state index in [0.717, 1.165) is 43.1 Å². The van der Waals surface area contributed by atoms with E-state index in [1.54, 1.807) is 7.11 Å². The highest BCUT2D eigenvalue weighted by molar-refractivity contribution is 5.56. The van der Waals surface area contributed by atoms with Gasteiger partial charge >= 0.3 is 0 Å². The summed E-state index contributed by atoms with van der Waals surface area (Å²) < 4.78 is 12.2. The maximum Gasteiger partial charge on any atom is 0.173 e. The van der Waals surface area contributed by atoms with Gasteiger partial charge in [-0.05, 0) is 69.5 Å². The number of benzene rings is 2. The third-order valence-electron chi connectivity index (χ3n) is 5.58. The molecule has 0 radical (unpaired) electrons. The maximum absolute atomic E-state index is 6.44. The summed E-state index contributed by atoms with van der Waals surface area (Å²) in [5, 5.41) is 3.35. The van der Waals surface area contributed by atoms with E-state index in [4.69, 9.17) is 9.47 Å². The van der Waals surface area contributed by atoms with E-state index in [1.165, 1.54) is 11.1 Å². The lowest BCUT2D eigenvalue weighted by molar-refractivity contribution is 0.298. The summed E-state index contributed by atoms with van der Waals surface area (Å²) in [4.78, 5) is 0. The van der Waals surface area contributed by atoms with Crippen LogP contribution in [0.15, 0.2) is 54.6 Å². The van der Waals surface area contributed by atoms with E-state index in [2.05, 4.69) is 37.4 Å². The number of allylic oxidation sites excluding steroid dienone is 2. The number of hydrogen-bond donors (Lipinski definition) is 1. The van der Waals surface area contributed by atoms with Crippen LogP contribution >= 0.6 is 0 Å². The van der Waals surface area contributed by atoms with E-state index in [9.17, 15) is 0 Å². The van der Waals surface area contributed by atoms with Gasteiger partial charge in [-0.15, -0.1) is 0 Å². The van der Waals surface area contributed by atoms with Crippen molar-refractivity contribution in [3.05, 3.63) is 65.7 Å². The van der Waals surface area contributed by atoms with E-state index < -0.39 is 0 Å². The topological polar surface area (TPSA) is 30.5 Å². The van der Waals surface area contributed by atoms with Crippen LogP contribution in [0.1, 0.15) is 37.3 Å². The Morgan fingerprint density at radius 3 is 2.59 bits per heavy atom. The van der Waals surface area contributed by atoms with Gasteiger partial charge in [0.1, 0.15) is 5.75 Å². The molecule has 2 aromatic rings. The van der Waals surface area contributed by atoms with E-state index in [-0.39, 0.29) is 5.41 Å². The van der Waals surface area contributed by atoms with Crippen molar-refractivity contribution in [3.63, 3.8) is 0 Å². The van der Waals surface area contributed by atoms with Crippen molar-refractivity contribution < 1.29 is 9.47 Å². The summed E-state index contributed by atoms with van der Waals surface area (Å²) in [5.41, 5.74) is 2.59. The van der Waals surface area contributed by atoms with Crippen LogP contribution in [-0.2, 0) is 5.41 Å². The molecule has 3 nitrogen and oxygen atoms in total. The molecule has 0 unspecified atom stereocenters. The Kier molecular flexibility index (Phi) is 6.22. The van der Waals surface area contributed by atoms with E-state index >= 15 is 0 Å². The molecule has 3 rings (SSSR count). The van der Waals surface area contributed by atoms with Crippen LogP contribution in [0.2, 0.25) is 0 Å². The lowest BCUT2D eigenvalue weighted by atomic mass is 9.65. The summed E-state index contributed by atoms with van der Waals surface area (Å²) >= 11 is 0. The zero-order chi connectivity index (χ0) is 19.3. The molecule has 144 valence electrons. The first kappa shape index (κ1) is 19.5. The summed E-state index contributed by atoms with van der Waals surface area (Å²) in [6.45, 7) is 5.47. The monoisotopic (exact) mass is 365 g/mol. The molecule has 0 saturated carbocycles. The number of rotatable bonds is 7. The fourth-order valence-electron chi connectivity index (χ4n) is 4.38. The van der Waals surface area contributed by atoms with E-state index in [0.29, 0.717) is 5.92 Å². The van der Waals surface area contributed by atoms with Gasteiger partial charge in [-0.1, -0.05) is 43.3 Å². The van der Waals surface area contributed by atoms with Gasteiger partial charge in [0.05, 0.1) is 7.11 Å². The van der Waals surface area contributed by atoms with Crippen molar-refractivity contribution in [1.82, 2.24) is 5.32 Å². The summed E-state index contributed by atoms with van der Waals surface area (Å²) in [5.74, 6) is 3.05. The summed E-state index contributed by atoms with van der Waals surface area (Å²) in [6.07, 6.45) is 7.89. The third kappa shape index (κ3) is 4.19. The molecule has 2 aromatic carbocycles. The predicted molar refractivity (Wildman–Crippen MR) is 112 cm³/mol. The average molecular weight is 366 g/mol. The Morgan fingerprint density at radius 2 is 1.93 bits per heavy atom. The third-order valence-corrected chi connectivity index (χ3v) is 5.58. The molecule has 0 heterocycles. The van der Waals surface area contributed by atoms with Gasteiger partial charge in [0, 0.05) is 11.0 Å². The van der Waals surface area contributed by atoms with E-state index in [1.807, 2.05) is 43.4 Å². The number of ether oxygens (including phenoxy) is 2. The highest BCUT2D eigenvalue weighted by Gasteiger charge is 2.38. The van der Waals surface area contributed by atoms with Crippen molar-refractivity contribution in [2.45, 2.75) is 38.5 Å². The Labute approximate surface area is 163 Å². The number of hydrogen-bond acceptors (Lipinski definition) is 3. The number of aryl methyl sites for hydroxylation is 1. The van der Waals surface area contributed by atoms with Gasteiger partial charge in [-0.3, -0.25) is 0 Å². The second-order valence-corrected chi connectivity index (χ2v) is 7.65.